The Morgan fingerprint density at radius 2 is 1.78 bits per heavy atom. The van der Waals surface area contributed by atoms with Crippen LogP contribution in [0.4, 0.5) is 10.1 Å². The summed E-state index contributed by atoms with van der Waals surface area (Å²) >= 11 is 12.6. The van der Waals surface area contributed by atoms with Crippen molar-refractivity contribution in [3.05, 3.63) is 63.4 Å². The summed E-state index contributed by atoms with van der Waals surface area (Å²) in [7, 11) is 0. The van der Waals surface area contributed by atoms with Gasteiger partial charge in [0.2, 0.25) is 12.3 Å². The van der Waals surface area contributed by atoms with Crippen molar-refractivity contribution in [2.75, 3.05) is 5.32 Å². The summed E-state index contributed by atoms with van der Waals surface area (Å²) in [4.78, 5) is 25.2. The van der Waals surface area contributed by atoms with Crippen LogP contribution in [0.1, 0.15) is 69.9 Å². The molecular weight excluding hydrogens is 516 g/mol. The molecule has 0 aromatic heterocycles. The third-order valence-corrected chi connectivity index (χ3v) is 7.78. The topological polar surface area (TPSA) is 90.5 Å². The molecule has 0 radical (unpaired) electrons. The molecule has 200 valence electrons. The molecule has 6 nitrogen and oxygen atoms in total. The normalized spacial score (nSPS) is 29.5. The molecule has 1 saturated carbocycles. The van der Waals surface area contributed by atoms with E-state index in [1.165, 1.54) is 12.1 Å². The number of aliphatic hydroxyl groups is 1. The quantitative estimate of drug-likeness (QED) is 0.349. The van der Waals surface area contributed by atoms with Crippen molar-refractivity contribution in [1.29, 1.82) is 0 Å². The maximum Gasteiger partial charge on any atom is 0.238 e. The van der Waals surface area contributed by atoms with E-state index in [0.717, 1.165) is 5.56 Å². The highest BCUT2D eigenvalue weighted by Gasteiger charge is 2.51. The highest BCUT2D eigenvalue weighted by atomic mass is 35.5. The Hall–Kier alpha value is -2.19. The van der Waals surface area contributed by atoms with Crippen LogP contribution in [0.5, 0.6) is 0 Å². The minimum absolute atomic E-state index is 0.115. The second-order valence-corrected chi connectivity index (χ2v) is 12.7. The van der Waals surface area contributed by atoms with E-state index in [4.69, 9.17) is 23.2 Å². The first-order valence-electron chi connectivity index (χ1n) is 12.5. The van der Waals surface area contributed by atoms with Crippen molar-refractivity contribution >= 4 is 41.2 Å². The molecule has 37 heavy (non-hydrogen) atoms. The molecular formula is C28H34Cl2FN3O3. The summed E-state index contributed by atoms with van der Waals surface area (Å²) in [6, 6.07) is 8.45. The van der Waals surface area contributed by atoms with Crippen LogP contribution in [0.3, 0.4) is 0 Å². The Morgan fingerprint density at radius 1 is 1.14 bits per heavy atom. The third kappa shape index (κ3) is 6.28. The van der Waals surface area contributed by atoms with Crippen molar-refractivity contribution in [3.63, 3.8) is 0 Å². The number of amides is 2. The number of nitrogens with one attached hydrogen (secondary N) is 3. The zero-order valence-electron chi connectivity index (χ0n) is 21.4. The molecule has 2 fully saturated rings. The minimum Gasteiger partial charge on any atom is -0.390 e. The number of halogens is 3. The maximum absolute atomic E-state index is 15.4. The van der Waals surface area contributed by atoms with Gasteiger partial charge in [-0.3, -0.25) is 9.59 Å². The van der Waals surface area contributed by atoms with Crippen LogP contribution in [0.2, 0.25) is 10.0 Å². The summed E-state index contributed by atoms with van der Waals surface area (Å²) in [5.74, 6) is -1.72. The maximum atomic E-state index is 15.4. The van der Waals surface area contributed by atoms with E-state index in [9.17, 15) is 14.7 Å². The minimum atomic E-state index is -0.796. The predicted molar refractivity (Wildman–Crippen MR) is 145 cm³/mol. The molecule has 4 atom stereocenters. The lowest BCUT2D eigenvalue weighted by Crippen LogP contribution is -2.57. The molecule has 1 aliphatic heterocycles. The largest absolute Gasteiger partial charge is 0.390 e. The molecule has 4 N–H and O–H groups in total. The average Bonchev–Trinajstić information content (AvgIpc) is 3.11. The van der Waals surface area contributed by atoms with Gasteiger partial charge in [-0.25, -0.2) is 4.39 Å². The fourth-order valence-electron chi connectivity index (χ4n) is 5.94. The smallest absolute Gasteiger partial charge is 0.238 e. The van der Waals surface area contributed by atoms with E-state index in [-0.39, 0.29) is 29.3 Å². The standard InChI is InChI=1S/C28H34Cl2FN3O3/c1-27(2,3)13-22-23(18-7-5-16(30)10-21(18)32-14-35)24(19-9-15(29)6-8-20(19)31)25(34-22)26(36)33-17-11-28(4,37)12-17/h5-10,14,17,22-25,34,37H,11-13H2,1-4H3,(H,32,35)(H,33,36)/t17?,22-,23-,24-,25-,28?/m1/s1. The van der Waals surface area contributed by atoms with Crippen LogP contribution in [0.15, 0.2) is 36.4 Å². The van der Waals surface area contributed by atoms with E-state index < -0.39 is 23.4 Å². The van der Waals surface area contributed by atoms with E-state index in [2.05, 4.69) is 36.7 Å². The molecule has 1 aliphatic carbocycles. The first kappa shape index (κ1) is 27.8. The number of anilines is 1. The zero-order valence-corrected chi connectivity index (χ0v) is 23.0. The Bertz CT molecular complexity index is 1180. The van der Waals surface area contributed by atoms with Gasteiger partial charge in [0.25, 0.3) is 0 Å². The van der Waals surface area contributed by atoms with Crippen molar-refractivity contribution in [2.45, 2.75) is 82.5 Å². The molecule has 9 heteroatoms. The third-order valence-electron chi connectivity index (χ3n) is 7.31. The van der Waals surface area contributed by atoms with Gasteiger partial charge in [-0.1, -0.05) is 50.0 Å². The summed E-state index contributed by atoms with van der Waals surface area (Å²) in [5, 5.41) is 20.3. The highest BCUT2D eigenvalue weighted by molar-refractivity contribution is 6.31. The summed E-state index contributed by atoms with van der Waals surface area (Å²) < 4.78 is 15.4. The Kier molecular flexibility index (Phi) is 7.92. The van der Waals surface area contributed by atoms with Gasteiger partial charge in [0.05, 0.1) is 11.6 Å². The SMILES string of the molecule is CC(C)(C)C[C@H]1N[C@@H](C(=O)NC2CC(C)(O)C2)[C@H](c2cc(Cl)ccc2F)[C@@H]1c1ccc(Cl)cc1NC=O. The predicted octanol–water partition coefficient (Wildman–Crippen LogP) is 5.37. The van der Waals surface area contributed by atoms with E-state index >= 15 is 4.39 Å². The Morgan fingerprint density at radius 3 is 2.41 bits per heavy atom. The van der Waals surface area contributed by atoms with Gasteiger partial charge in [-0.2, -0.15) is 0 Å². The fraction of sp³-hybridized carbons (Fsp3) is 0.500. The Balaban J connectivity index is 1.83. The number of hydrogen-bond acceptors (Lipinski definition) is 4. The van der Waals surface area contributed by atoms with Crippen molar-refractivity contribution < 1.29 is 19.1 Å². The average molecular weight is 551 g/mol. The fourth-order valence-corrected chi connectivity index (χ4v) is 6.29. The van der Waals surface area contributed by atoms with Crippen LogP contribution in [0.25, 0.3) is 0 Å². The molecule has 1 saturated heterocycles. The van der Waals surface area contributed by atoms with E-state index in [1.54, 1.807) is 25.1 Å². The second-order valence-electron chi connectivity index (χ2n) is 11.8. The van der Waals surface area contributed by atoms with Crippen LogP contribution in [-0.4, -0.2) is 41.2 Å². The lowest BCUT2D eigenvalue weighted by atomic mass is 9.73. The molecule has 0 spiro atoms. The number of hydrogen-bond donors (Lipinski definition) is 4. The molecule has 2 amide bonds. The van der Waals surface area contributed by atoms with Gasteiger partial charge in [0.1, 0.15) is 5.82 Å². The first-order valence-corrected chi connectivity index (χ1v) is 13.3. The van der Waals surface area contributed by atoms with Crippen molar-refractivity contribution in [2.24, 2.45) is 5.41 Å². The molecule has 2 aromatic carbocycles. The highest BCUT2D eigenvalue weighted by Crippen LogP contribution is 2.49. The lowest BCUT2D eigenvalue weighted by molar-refractivity contribution is -0.127. The molecule has 0 unspecified atom stereocenters. The number of benzene rings is 2. The molecule has 2 aliphatic rings. The van der Waals surface area contributed by atoms with Crippen molar-refractivity contribution in [3.8, 4) is 0 Å². The molecule has 1 heterocycles. The second kappa shape index (κ2) is 10.5. The van der Waals surface area contributed by atoms with Gasteiger partial charge >= 0.3 is 0 Å². The molecule has 2 aromatic rings. The van der Waals surface area contributed by atoms with Crippen molar-refractivity contribution in [1.82, 2.24) is 10.6 Å². The van der Waals surface area contributed by atoms with Gasteiger partial charge < -0.3 is 21.1 Å². The molecule has 4 rings (SSSR count). The summed E-state index contributed by atoms with van der Waals surface area (Å²) in [6.07, 6.45) is 2.18. The number of carbonyl (C=O) groups excluding carboxylic acids is 2. The van der Waals surface area contributed by atoms with Crippen LogP contribution >= 0.6 is 23.2 Å². The number of carbonyl (C=O) groups is 2. The van der Waals surface area contributed by atoms with Crippen LogP contribution in [0, 0.1) is 11.2 Å². The van der Waals surface area contributed by atoms with Gasteiger partial charge in [0.15, 0.2) is 0 Å². The monoisotopic (exact) mass is 549 g/mol. The van der Waals surface area contributed by atoms with E-state index in [1.807, 2.05) is 6.07 Å². The van der Waals surface area contributed by atoms with E-state index in [0.29, 0.717) is 47.0 Å². The summed E-state index contributed by atoms with van der Waals surface area (Å²) in [6.45, 7) is 8.07. The van der Waals surface area contributed by atoms with Gasteiger partial charge in [-0.15, -0.1) is 0 Å². The van der Waals surface area contributed by atoms with Crippen LogP contribution < -0.4 is 16.0 Å². The van der Waals surface area contributed by atoms with Gasteiger partial charge in [-0.05, 0) is 73.1 Å². The lowest BCUT2D eigenvalue weighted by Gasteiger charge is -2.41. The Labute approximate surface area is 227 Å². The number of rotatable bonds is 7. The molecule has 0 bridgehead atoms. The van der Waals surface area contributed by atoms with Crippen LogP contribution in [-0.2, 0) is 9.59 Å². The summed E-state index contributed by atoms with van der Waals surface area (Å²) in [5.41, 5.74) is 0.682. The zero-order chi connectivity index (χ0) is 27.1. The van der Waals surface area contributed by atoms with Gasteiger partial charge in [0, 0.05) is 39.7 Å². The first-order chi connectivity index (χ1) is 17.3.